The first-order valence-electron chi connectivity index (χ1n) is 9.31. The molecule has 2 heterocycles. The van der Waals surface area contributed by atoms with E-state index in [0.29, 0.717) is 6.42 Å². The first-order chi connectivity index (χ1) is 12.4. The Morgan fingerprint density at radius 3 is 2.62 bits per heavy atom. The largest absolute Gasteiger partial charge is 0.496 e. The maximum absolute atomic E-state index is 12.8. The minimum atomic E-state index is -4.00. The molecule has 26 heavy (non-hydrogen) atoms. The van der Waals surface area contributed by atoms with Crippen LogP contribution in [-0.4, -0.2) is 36.3 Å². The normalized spacial score (nSPS) is 25.0. The molecule has 6 heteroatoms. The number of nitrogens with zero attached hydrogens (tertiary/aromatic N) is 1. The molecule has 2 aromatic rings. The third-order valence-corrected chi connectivity index (χ3v) is 6.21. The van der Waals surface area contributed by atoms with Crippen LogP contribution in [0, 0.1) is 24.7 Å². The molecule has 4 rings (SSSR count). The van der Waals surface area contributed by atoms with Crippen LogP contribution in [0.25, 0.3) is 10.9 Å². The van der Waals surface area contributed by atoms with Crippen molar-refractivity contribution in [3.05, 3.63) is 29.5 Å². The number of H-pyrrole nitrogens is 1. The summed E-state index contributed by atoms with van der Waals surface area (Å²) in [5.74, 6) is -0.0701. The molecule has 1 aliphatic carbocycles. The minimum absolute atomic E-state index is 0.137. The lowest BCUT2D eigenvalue weighted by Crippen LogP contribution is -2.34. The van der Waals surface area contributed by atoms with Crippen LogP contribution in [0.4, 0.5) is 13.2 Å². The van der Waals surface area contributed by atoms with E-state index >= 15 is 0 Å². The van der Waals surface area contributed by atoms with Crippen molar-refractivity contribution in [2.45, 2.75) is 38.9 Å². The van der Waals surface area contributed by atoms with Gasteiger partial charge < -0.3 is 9.72 Å². The zero-order chi connectivity index (χ0) is 18.5. The molecule has 1 saturated carbocycles. The molecule has 0 radical (unpaired) electrons. The molecule has 2 aliphatic rings. The molecule has 1 aromatic heterocycles. The molecular formula is C20H25F3N2O. The second-order valence-corrected chi connectivity index (χ2v) is 7.80. The molecule has 3 nitrogen and oxygen atoms in total. The lowest BCUT2D eigenvalue weighted by atomic mass is 9.90. The predicted octanol–water partition coefficient (Wildman–Crippen LogP) is 4.90. The number of hydrogen-bond donors (Lipinski definition) is 1. The molecule has 0 amide bonds. The fraction of sp³-hybridized carbons (Fsp3) is 0.600. The number of aryl methyl sites for hydroxylation is 1. The highest BCUT2D eigenvalue weighted by molar-refractivity contribution is 5.88. The zero-order valence-electron chi connectivity index (χ0n) is 15.2. The number of hydrogen-bond acceptors (Lipinski definition) is 2. The van der Waals surface area contributed by atoms with Crippen molar-refractivity contribution in [3.63, 3.8) is 0 Å². The molecule has 0 spiro atoms. The molecule has 0 bridgehead atoms. The van der Waals surface area contributed by atoms with E-state index in [9.17, 15) is 13.2 Å². The number of aromatic nitrogens is 1. The number of benzene rings is 1. The van der Waals surface area contributed by atoms with Crippen molar-refractivity contribution in [2.24, 2.45) is 17.8 Å². The summed E-state index contributed by atoms with van der Waals surface area (Å²) in [5, 5.41) is 1.17. The third-order valence-electron chi connectivity index (χ3n) is 6.21. The molecule has 2 atom stereocenters. The van der Waals surface area contributed by atoms with Gasteiger partial charge in [-0.05, 0) is 68.8 Å². The SMILES string of the molecule is COc1cc(C)c2[nH]ccc2c1CN1CCC(C2CC2C(F)(F)F)CC1. The van der Waals surface area contributed by atoms with Crippen molar-refractivity contribution >= 4 is 10.9 Å². The number of nitrogens with one attached hydrogen (secondary N) is 1. The van der Waals surface area contributed by atoms with Crippen LogP contribution in [0.5, 0.6) is 5.75 Å². The predicted molar refractivity (Wildman–Crippen MR) is 95.2 cm³/mol. The standard InChI is InChI=1S/C20H25F3N2O/c1-12-9-18(26-2)16(14-3-6-24-19(12)14)11-25-7-4-13(5-8-25)15-10-17(15)20(21,22)23/h3,6,9,13,15,17,24H,4-5,7-8,10-11H2,1-2H3. The molecule has 1 aliphatic heterocycles. The van der Waals surface area contributed by atoms with Crippen molar-refractivity contribution in [3.8, 4) is 5.75 Å². The van der Waals surface area contributed by atoms with Crippen LogP contribution in [0.1, 0.15) is 30.4 Å². The number of halogens is 3. The Kier molecular flexibility index (Phi) is 4.41. The van der Waals surface area contributed by atoms with Gasteiger partial charge in [0.2, 0.25) is 0 Å². The summed E-state index contributed by atoms with van der Waals surface area (Å²) in [6.45, 7) is 4.55. The minimum Gasteiger partial charge on any atom is -0.496 e. The van der Waals surface area contributed by atoms with E-state index in [2.05, 4.69) is 28.9 Å². The van der Waals surface area contributed by atoms with Crippen molar-refractivity contribution in [2.75, 3.05) is 20.2 Å². The smallest absolute Gasteiger partial charge is 0.392 e. The molecule has 1 saturated heterocycles. The van der Waals surface area contributed by atoms with Crippen LogP contribution in [0.2, 0.25) is 0 Å². The van der Waals surface area contributed by atoms with Gasteiger partial charge in [0.05, 0.1) is 13.0 Å². The fourth-order valence-electron chi connectivity index (χ4n) is 4.66. The van der Waals surface area contributed by atoms with Crippen LogP contribution in [-0.2, 0) is 6.54 Å². The quantitative estimate of drug-likeness (QED) is 0.834. The van der Waals surface area contributed by atoms with Gasteiger partial charge in [-0.3, -0.25) is 4.90 Å². The van der Waals surface area contributed by atoms with Gasteiger partial charge in [-0.2, -0.15) is 13.2 Å². The van der Waals surface area contributed by atoms with Crippen molar-refractivity contribution in [1.82, 2.24) is 9.88 Å². The Hall–Kier alpha value is -1.69. The van der Waals surface area contributed by atoms with E-state index in [1.807, 2.05) is 6.20 Å². The summed E-state index contributed by atoms with van der Waals surface area (Å²) in [7, 11) is 1.69. The highest BCUT2D eigenvalue weighted by Gasteiger charge is 2.58. The second kappa shape index (κ2) is 6.48. The Balaban J connectivity index is 1.43. The van der Waals surface area contributed by atoms with Gasteiger partial charge >= 0.3 is 6.18 Å². The number of likely N-dealkylation sites (tertiary alicyclic amines) is 1. The Bertz CT molecular complexity index is 790. The molecule has 142 valence electrons. The maximum Gasteiger partial charge on any atom is 0.392 e. The van der Waals surface area contributed by atoms with Crippen LogP contribution >= 0.6 is 0 Å². The van der Waals surface area contributed by atoms with E-state index in [4.69, 9.17) is 4.74 Å². The summed E-state index contributed by atoms with van der Waals surface area (Å²) in [4.78, 5) is 5.63. The summed E-state index contributed by atoms with van der Waals surface area (Å²) >= 11 is 0. The van der Waals surface area contributed by atoms with E-state index < -0.39 is 12.1 Å². The summed E-state index contributed by atoms with van der Waals surface area (Å²) in [6, 6.07) is 4.13. The van der Waals surface area contributed by atoms with Crippen molar-refractivity contribution < 1.29 is 17.9 Å². The first-order valence-corrected chi connectivity index (χ1v) is 9.31. The average Bonchev–Trinajstić information content (AvgIpc) is 3.27. The van der Waals surface area contributed by atoms with E-state index in [-0.39, 0.29) is 11.8 Å². The Morgan fingerprint density at radius 2 is 2.00 bits per heavy atom. The molecule has 1 N–H and O–H groups in total. The van der Waals surface area contributed by atoms with Gasteiger partial charge in [0.15, 0.2) is 0 Å². The number of aromatic amines is 1. The number of methoxy groups -OCH3 is 1. The van der Waals surface area contributed by atoms with Gasteiger partial charge in [-0.1, -0.05) is 0 Å². The van der Waals surface area contributed by atoms with Gasteiger partial charge in [0, 0.05) is 29.2 Å². The van der Waals surface area contributed by atoms with Gasteiger partial charge in [-0.25, -0.2) is 0 Å². The molecule has 2 fully saturated rings. The average molecular weight is 366 g/mol. The van der Waals surface area contributed by atoms with Gasteiger partial charge in [0.1, 0.15) is 5.75 Å². The zero-order valence-corrected chi connectivity index (χ0v) is 15.2. The lowest BCUT2D eigenvalue weighted by Gasteiger charge is -2.33. The topological polar surface area (TPSA) is 28.3 Å². The number of rotatable bonds is 4. The van der Waals surface area contributed by atoms with Gasteiger partial charge in [-0.15, -0.1) is 0 Å². The second-order valence-electron chi connectivity index (χ2n) is 7.80. The first kappa shape index (κ1) is 17.7. The number of alkyl halides is 3. The molecular weight excluding hydrogens is 341 g/mol. The van der Waals surface area contributed by atoms with Crippen LogP contribution in [0.15, 0.2) is 18.3 Å². The van der Waals surface area contributed by atoms with Crippen LogP contribution < -0.4 is 4.74 Å². The van der Waals surface area contributed by atoms with E-state index in [1.54, 1.807) is 7.11 Å². The lowest BCUT2D eigenvalue weighted by molar-refractivity contribution is -0.153. The molecule has 1 aromatic carbocycles. The Morgan fingerprint density at radius 1 is 1.27 bits per heavy atom. The Labute approximate surface area is 151 Å². The summed E-state index contributed by atoms with van der Waals surface area (Å²) < 4.78 is 44.0. The maximum atomic E-state index is 12.8. The highest BCUT2D eigenvalue weighted by Crippen LogP contribution is 2.55. The van der Waals surface area contributed by atoms with E-state index in [1.165, 1.54) is 5.39 Å². The van der Waals surface area contributed by atoms with Gasteiger partial charge in [0.25, 0.3) is 0 Å². The number of ether oxygens (including phenoxy) is 1. The summed E-state index contributed by atoms with van der Waals surface area (Å²) in [5.41, 5.74) is 3.44. The number of piperidine rings is 1. The number of fused-ring (bicyclic) bond motifs is 1. The summed E-state index contributed by atoms with van der Waals surface area (Å²) in [6.07, 6.45) is 0.00149. The molecule has 2 unspecified atom stereocenters. The fourth-order valence-corrected chi connectivity index (χ4v) is 4.66. The van der Waals surface area contributed by atoms with Crippen molar-refractivity contribution in [1.29, 1.82) is 0 Å². The van der Waals surface area contributed by atoms with E-state index in [0.717, 1.165) is 54.9 Å². The third kappa shape index (κ3) is 3.20. The highest BCUT2D eigenvalue weighted by atomic mass is 19.4. The monoisotopic (exact) mass is 366 g/mol. The van der Waals surface area contributed by atoms with Crippen LogP contribution in [0.3, 0.4) is 0 Å².